The largest absolute Gasteiger partial charge is 0.390 e. The first-order valence-corrected chi connectivity index (χ1v) is 20.2. The Bertz CT molecular complexity index is 1330. The zero-order valence-electron chi connectivity index (χ0n) is 33.4. The first-order chi connectivity index (χ1) is 24.4. The molecule has 19 atom stereocenters. The molecule has 0 spiro atoms. The minimum atomic E-state index is -1.45. The second-order valence-corrected chi connectivity index (χ2v) is 20.1. The van der Waals surface area contributed by atoms with Crippen LogP contribution in [-0.2, 0) is 18.9 Å². The van der Waals surface area contributed by atoms with Gasteiger partial charge in [0.25, 0.3) is 0 Å². The van der Waals surface area contributed by atoms with E-state index in [4.69, 9.17) is 18.9 Å². The molecule has 53 heavy (non-hydrogen) atoms. The van der Waals surface area contributed by atoms with Gasteiger partial charge in [-0.2, -0.15) is 0 Å². The van der Waals surface area contributed by atoms with Crippen LogP contribution in [0.5, 0.6) is 0 Å². The molecule has 4 aliphatic carbocycles. The lowest BCUT2D eigenvalue weighted by atomic mass is 9.35. The summed E-state index contributed by atoms with van der Waals surface area (Å²) in [6.07, 6.45) is -1.91. The first-order valence-electron chi connectivity index (χ1n) is 20.2. The predicted octanol–water partition coefficient (Wildman–Crippen LogP) is 2.79. The number of aliphatic hydroxyl groups excluding tert-OH is 6. The SMILES string of the molecule is C[C@H]1O[C@@H](OC2CC3C4(C)CCC(O[C@@H]5OC[C@@H](O)[C@H](O)[C@H]5O)C(C)(C)C4CCC3(C)C3(C)CCC(C(C)(O)C/C=C/C(C)(C)O)C23)[C@H](O)[C@@H](O)[C@@H]1O. The fourth-order valence-corrected chi connectivity index (χ4v) is 12.9. The van der Waals surface area contributed by atoms with Crippen LogP contribution >= 0.6 is 0 Å². The molecule has 0 bridgehead atoms. The molecule has 2 aliphatic heterocycles. The quantitative estimate of drug-likeness (QED) is 0.133. The van der Waals surface area contributed by atoms with E-state index in [0.717, 1.165) is 32.1 Å². The van der Waals surface area contributed by atoms with Crippen LogP contribution in [0.15, 0.2) is 12.2 Å². The minimum absolute atomic E-state index is 0.107. The minimum Gasteiger partial charge on any atom is -0.390 e. The van der Waals surface area contributed by atoms with Crippen LogP contribution in [0, 0.1) is 45.3 Å². The number of aliphatic hydroxyl groups is 8. The summed E-state index contributed by atoms with van der Waals surface area (Å²) in [7, 11) is 0. The zero-order valence-corrected chi connectivity index (χ0v) is 33.4. The Hall–Kier alpha value is -0.740. The van der Waals surface area contributed by atoms with E-state index >= 15 is 0 Å². The Kier molecular flexibility index (Phi) is 11.3. The third-order valence-electron chi connectivity index (χ3n) is 16.0. The van der Waals surface area contributed by atoms with Crippen LogP contribution < -0.4 is 0 Å². The van der Waals surface area contributed by atoms with E-state index in [-0.39, 0.29) is 58.0 Å². The van der Waals surface area contributed by atoms with Gasteiger partial charge in [-0.05, 0) is 124 Å². The summed E-state index contributed by atoms with van der Waals surface area (Å²) >= 11 is 0. The van der Waals surface area contributed by atoms with E-state index < -0.39 is 72.6 Å². The molecule has 8 N–H and O–H groups in total. The molecule has 4 saturated carbocycles. The molecular formula is C41H70O12. The summed E-state index contributed by atoms with van der Waals surface area (Å²) in [5, 5.41) is 86.1. The third-order valence-corrected chi connectivity index (χ3v) is 16.0. The van der Waals surface area contributed by atoms with Crippen LogP contribution in [-0.4, -0.2) is 126 Å². The summed E-state index contributed by atoms with van der Waals surface area (Å²) < 4.78 is 25.1. The van der Waals surface area contributed by atoms with Crippen molar-refractivity contribution in [2.75, 3.05) is 6.61 Å². The lowest BCUT2D eigenvalue weighted by molar-refractivity contribution is -0.334. The molecule has 2 saturated heterocycles. The first kappa shape index (κ1) is 41.9. The smallest absolute Gasteiger partial charge is 0.186 e. The molecule has 0 aromatic heterocycles. The van der Waals surface area contributed by atoms with Crippen LogP contribution in [0.2, 0.25) is 0 Å². The average molecular weight is 755 g/mol. The Balaban J connectivity index is 1.33. The molecule has 10 unspecified atom stereocenters. The van der Waals surface area contributed by atoms with Crippen molar-refractivity contribution in [1.82, 2.24) is 0 Å². The number of rotatable bonds is 8. The molecule has 12 nitrogen and oxygen atoms in total. The van der Waals surface area contributed by atoms with Crippen LogP contribution in [0.4, 0.5) is 0 Å². The molecular weight excluding hydrogens is 684 g/mol. The van der Waals surface area contributed by atoms with Crippen LogP contribution in [0.25, 0.3) is 0 Å². The van der Waals surface area contributed by atoms with Gasteiger partial charge >= 0.3 is 0 Å². The van der Waals surface area contributed by atoms with Crippen molar-refractivity contribution in [2.45, 2.75) is 192 Å². The molecule has 0 amide bonds. The normalized spacial score (nSPS) is 52.7. The van der Waals surface area contributed by atoms with Gasteiger partial charge in [0, 0.05) is 0 Å². The van der Waals surface area contributed by atoms with Gasteiger partial charge in [-0.1, -0.05) is 46.8 Å². The van der Waals surface area contributed by atoms with Gasteiger partial charge in [-0.3, -0.25) is 0 Å². The van der Waals surface area contributed by atoms with E-state index in [1.807, 2.05) is 13.0 Å². The van der Waals surface area contributed by atoms with Gasteiger partial charge in [0.15, 0.2) is 12.6 Å². The van der Waals surface area contributed by atoms with Gasteiger partial charge in [0.05, 0.1) is 36.1 Å². The van der Waals surface area contributed by atoms with Crippen molar-refractivity contribution >= 4 is 0 Å². The van der Waals surface area contributed by atoms with Crippen molar-refractivity contribution in [3.05, 3.63) is 12.2 Å². The molecule has 2 heterocycles. The highest BCUT2D eigenvalue weighted by atomic mass is 16.7. The summed E-state index contributed by atoms with van der Waals surface area (Å²) in [6, 6.07) is 0. The lowest BCUT2D eigenvalue weighted by Gasteiger charge is -2.71. The highest BCUT2D eigenvalue weighted by molar-refractivity contribution is 5.21. The average Bonchev–Trinajstić information content (AvgIpc) is 3.44. The molecule has 306 valence electrons. The number of fused-ring (bicyclic) bond motifs is 5. The van der Waals surface area contributed by atoms with Crippen LogP contribution in [0.1, 0.15) is 114 Å². The maximum Gasteiger partial charge on any atom is 0.186 e. The second-order valence-electron chi connectivity index (χ2n) is 20.1. The Morgan fingerprint density at radius 2 is 1.38 bits per heavy atom. The van der Waals surface area contributed by atoms with Crippen molar-refractivity contribution in [3.8, 4) is 0 Å². The van der Waals surface area contributed by atoms with E-state index in [9.17, 15) is 40.9 Å². The summed E-state index contributed by atoms with van der Waals surface area (Å²) in [5.41, 5.74) is -3.00. The standard InChI is InChI=1S/C41H70O12/c1-21-29(43)31(45)33(47)35(51-21)52-24-19-26-38(6)16-13-27(53-34-32(46)30(44)23(42)20-50-34)37(4,5)25(38)12-18-39(26,7)40(8)17-11-22(28(24)40)41(9,49)15-10-14-36(2,3)48/h10,14,21-35,42-49H,11-13,15-20H2,1-9H3/b14-10+/t21-,22?,23-,24?,25?,26?,27?,28?,29-,30+,31+,32-,33-,34+,35+,38?,39?,40?,41?/m1/s1. The third kappa shape index (κ3) is 7.00. The van der Waals surface area contributed by atoms with Crippen molar-refractivity contribution in [3.63, 3.8) is 0 Å². The zero-order chi connectivity index (χ0) is 39.3. The second kappa shape index (κ2) is 14.3. The molecule has 0 aromatic carbocycles. The Morgan fingerprint density at radius 1 is 0.736 bits per heavy atom. The van der Waals surface area contributed by atoms with Gasteiger partial charge in [-0.15, -0.1) is 0 Å². The van der Waals surface area contributed by atoms with Gasteiger partial charge < -0.3 is 59.8 Å². The van der Waals surface area contributed by atoms with Crippen molar-refractivity contribution in [2.24, 2.45) is 45.3 Å². The highest BCUT2D eigenvalue weighted by Crippen LogP contribution is 2.76. The predicted molar refractivity (Wildman–Crippen MR) is 195 cm³/mol. The fourth-order valence-electron chi connectivity index (χ4n) is 12.9. The lowest BCUT2D eigenvalue weighted by Crippen LogP contribution is -2.68. The molecule has 0 aromatic rings. The summed E-state index contributed by atoms with van der Waals surface area (Å²) in [4.78, 5) is 0. The van der Waals surface area contributed by atoms with E-state index in [0.29, 0.717) is 19.3 Å². The van der Waals surface area contributed by atoms with E-state index in [1.165, 1.54) is 0 Å². The van der Waals surface area contributed by atoms with Gasteiger partial charge in [0.2, 0.25) is 0 Å². The molecule has 12 heteroatoms. The maximum absolute atomic E-state index is 12.2. The van der Waals surface area contributed by atoms with E-state index in [1.54, 1.807) is 26.8 Å². The molecule has 0 radical (unpaired) electrons. The molecule has 6 rings (SSSR count). The van der Waals surface area contributed by atoms with Crippen LogP contribution in [0.3, 0.4) is 0 Å². The topological polar surface area (TPSA) is 199 Å². The van der Waals surface area contributed by atoms with Crippen molar-refractivity contribution < 1.29 is 59.8 Å². The number of hydrogen-bond donors (Lipinski definition) is 8. The maximum atomic E-state index is 12.2. The Morgan fingerprint density at radius 3 is 2.04 bits per heavy atom. The highest BCUT2D eigenvalue weighted by Gasteiger charge is 2.72. The Labute approximate surface area is 315 Å². The van der Waals surface area contributed by atoms with Gasteiger partial charge in [-0.25, -0.2) is 0 Å². The summed E-state index contributed by atoms with van der Waals surface area (Å²) in [6.45, 7) is 18.5. The van der Waals surface area contributed by atoms with Gasteiger partial charge in [0.1, 0.15) is 36.6 Å². The summed E-state index contributed by atoms with van der Waals surface area (Å²) in [5.74, 6) is 0.145. The molecule has 6 aliphatic rings. The molecule has 6 fully saturated rings. The number of hydrogen-bond acceptors (Lipinski definition) is 12. The monoisotopic (exact) mass is 754 g/mol. The van der Waals surface area contributed by atoms with Crippen molar-refractivity contribution in [1.29, 1.82) is 0 Å². The van der Waals surface area contributed by atoms with E-state index in [2.05, 4.69) is 34.6 Å². The fraction of sp³-hybridized carbons (Fsp3) is 0.951. The number of ether oxygens (including phenoxy) is 4.